The Morgan fingerprint density at radius 1 is 1.24 bits per heavy atom. The maximum absolute atomic E-state index is 4.53. The van der Waals surface area contributed by atoms with Gasteiger partial charge in [-0.1, -0.05) is 42.1 Å². The van der Waals surface area contributed by atoms with Gasteiger partial charge in [0.1, 0.15) is 0 Å². The molecule has 2 rings (SSSR count). The van der Waals surface area contributed by atoms with Crippen LogP contribution in [0.3, 0.4) is 0 Å². The first kappa shape index (κ1) is 12.5. The molecule has 0 saturated heterocycles. The summed E-state index contributed by atoms with van der Waals surface area (Å²) in [7, 11) is 4.16. The summed E-state index contributed by atoms with van der Waals surface area (Å²) in [6.45, 7) is 1.06. The largest absolute Gasteiger partial charge is 0.309 e. The fourth-order valence-electron chi connectivity index (χ4n) is 1.29. The summed E-state index contributed by atoms with van der Waals surface area (Å²) >= 11 is 3.25. The van der Waals surface area contributed by atoms with Crippen LogP contribution in [0.1, 0.15) is 0 Å². The highest BCUT2D eigenvalue weighted by molar-refractivity contribution is 8.00. The molecule has 1 heterocycles. The smallest absolute Gasteiger partial charge is 0.174 e. The lowest BCUT2D eigenvalue weighted by molar-refractivity contribution is 0.437. The fraction of sp³-hybridized carbons (Fsp3) is 0.333. The Bertz CT molecular complexity index is 454. The van der Waals surface area contributed by atoms with Gasteiger partial charge in [0.15, 0.2) is 10.2 Å². The Kier molecular flexibility index (Phi) is 4.53. The van der Waals surface area contributed by atoms with Crippen molar-refractivity contribution in [2.75, 3.05) is 26.4 Å². The van der Waals surface area contributed by atoms with E-state index in [1.807, 2.05) is 30.3 Å². The van der Waals surface area contributed by atoms with Gasteiger partial charge in [-0.2, -0.15) is 4.37 Å². The van der Waals surface area contributed by atoms with Crippen LogP contribution in [0.5, 0.6) is 0 Å². The van der Waals surface area contributed by atoms with Crippen molar-refractivity contribution in [1.82, 2.24) is 14.3 Å². The van der Waals surface area contributed by atoms with Gasteiger partial charge >= 0.3 is 0 Å². The highest BCUT2D eigenvalue weighted by Gasteiger charge is 2.06. The van der Waals surface area contributed by atoms with Crippen molar-refractivity contribution in [3.63, 3.8) is 0 Å². The third-order valence-corrected chi connectivity index (χ3v) is 4.02. The second-order valence-corrected chi connectivity index (χ2v) is 6.00. The van der Waals surface area contributed by atoms with Gasteiger partial charge in [-0.05, 0) is 25.6 Å². The van der Waals surface area contributed by atoms with E-state index in [1.165, 1.54) is 11.5 Å². The van der Waals surface area contributed by atoms with Crippen LogP contribution in [0.15, 0.2) is 34.7 Å². The van der Waals surface area contributed by atoms with Crippen LogP contribution in [-0.4, -0.2) is 40.7 Å². The van der Waals surface area contributed by atoms with Crippen molar-refractivity contribution < 1.29 is 0 Å². The van der Waals surface area contributed by atoms with Crippen molar-refractivity contribution in [3.05, 3.63) is 30.3 Å². The first-order valence-electron chi connectivity index (χ1n) is 5.42. The highest BCUT2D eigenvalue weighted by Crippen LogP contribution is 2.24. The molecule has 2 aromatic rings. The average Bonchev–Trinajstić information content (AvgIpc) is 2.78. The highest BCUT2D eigenvalue weighted by atomic mass is 32.2. The van der Waals surface area contributed by atoms with E-state index in [2.05, 4.69) is 28.4 Å². The van der Waals surface area contributed by atoms with Gasteiger partial charge < -0.3 is 4.90 Å². The molecule has 0 fully saturated rings. The molecule has 0 atom stereocenters. The van der Waals surface area contributed by atoms with Gasteiger partial charge in [0.25, 0.3) is 0 Å². The molecule has 3 nitrogen and oxygen atoms in total. The molecule has 0 bridgehead atoms. The Morgan fingerprint density at radius 3 is 2.71 bits per heavy atom. The van der Waals surface area contributed by atoms with Gasteiger partial charge in [0.2, 0.25) is 0 Å². The summed E-state index contributed by atoms with van der Waals surface area (Å²) in [4.78, 5) is 6.70. The van der Waals surface area contributed by atoms with Gasteiger partial charge in [0, 0.05) is 17.9 Å². The Balaban J connectivity index is 1.97. The van der Waals surface area contributed by atoms with E-state index in [1.54, 1.807) is 11.8 Å². The van der Waals surface area contributed by atoms with Crippen LogP contribution >= 0.6 is 23.3 Å². The number of thioether (sulfide) groups is 1. The first-order valence-corrected chi connectivity index (χ1v) is 7.18. The topological polar surface area (TPSA) is 29.0 Å². The Morgan fingerprint density at radius 2 is 2.00 bits per heavy atom. The molecule has 5 heteroatoms. The second-order valence-electron chi connectivity index (χ2n) is 3.90. The van der Waals surface area contributed by atoms with E-state index in [4.69, 9.17) is 0 Å². The van der Waals surface area contributed by atoms with E-state index in [0.717, 1.165) is 28.0 Å². The van der Waals surface area contributed by atoms with Crippen LogP contribution < -0.4 is 0 Å². The monoisotopic (exact) mass is 265 g/mol. The molecule has 0 aliphatic carbocycles. The summed E-state index contributed by atoms with van der Waals surface area (Å²) in [6.07, 6.45) is 0. The minimum Gasteiger partial charge on any atom is -0.309 e. The molecule has 0 aliphatic rings. The number of hydrogen-bond acceptors (Lipinski definition) is 5. The Labute approximate surface area is 110 Å². The summed E-state index contributed by atoms with van der Waals surface area (Å²) < 4.78 is 5.43. The predicted molar refractivity (Wildman–Crippen MR) is 74.6 cm³/mol. The Hall–Kier alpha value is -0.910. The average molecular weight is 265 g/mol. The lowest BCUT2D eigenvalue weighted by atomic mass is 10.2. The molecule has 0 saturated carbocycles. The van der Waals surface area contributed by atoms with E-state index in [-0.39, 0.29) is 0 Å². The van der Waals surface area contributed by atoms with E-state index in [9.17, 15) is 0 Å². The molecule has 0 unspecified atom stereocenters. The molecule has 17 heavy (non-hydrogen) atoms. The summed E-state index contributed by atoms with van der Waals surface area (Å²) in [6, 6.07) is 10.1. The maximum Gasteiger partial charge on any atom is 0.174 e. The zero-order chi connectivity index (χ0) is 12.1. The van der Waals surface area contributed by atoms with Gasteiger partial charge in [0.05, 0.1) is 0 Å². The van der Waals surface area contributed by atoms with E-state index < -0.39 is 0 Å². The molecular formula is C12H15N3S2. The van der Waals surface area contributed by atoms with Crippen LogP contribution in [0.25, 0.3) is 11.4 Å². The summed E-state index contributed by atoms with van der Waals surface area (Å²) in [5.41, 5.74) is 1.09. The summed E-state index contributed by atoms with van der Waals surface area (Å²) in [5.74, 6) is 1.89. The molecule has 0 spiro atoms. The van der Waals surface area contributed by atoms with Crippen molar-refractivity contribution >= 4 is 23.3 Å². The number of rotatable bonds is 5. The number of aromatic nitrogens is 2. The van der Waals surface area contributed by atoms with Gasteiger partial charge in [-0.15, -0.1) is 0 Å². The molecule has 0 amide bonds. The second kappa shape index (κ2) is 6.14. The van der Waals surface area contributed by atoms with Crippen molar-refractivity contribution in [1.29, 1.82) is 0 Å². The molecule has 0 aliphatic heterocycles. The van der Waals surface area contributed by atoms with Gasteiger partial charge in [-0.25, -0.2) is 4.98 Å². The number of nitrogens with zero attached hydrogens (tertiary/aromatic N) is 3. The van der Waals surface area contributed by atoms with Crippen molar-refractivity contribution in [2.24, 2.45) is 0 Å². The number of benzene rings is 1. The zero-order valence-electron chi connectivity index (χ0n) is 9.96. The standard InChI is InChI=1S/C12H15N3S2/c1-15(2)8-9-16-12-13-11(14-17-12)10-6-4-3-5-7-10/h3-7H,8-9H2,1-2H3. The summed E-state index contributed by atoms with van der Waals surface area (Å²) in [5, 5.41) is 0. The lowest BCUT2D eigenvalue weighted by Crippen LogP contribution is -2.14. The molecular weight excluding hydrogens is 250 g/mol. The molecule has 1 aromatic carbocycles. The molecule has 90 valence electrons. The first-order chi connectivity index (χ1) is 8.25. The molecule has 0 radical (unpaired) electrons. The minimum absolute atomic E-state index is 0.836. The van der Waals surface area contributed by atoms with Crippen LogP contribution in [0.4, 0.5) is 0 Å². The van der Waals surface area contributed by atoms with E-state index >= 15 is 0 Å². The van der Waals surface area contributed by atoms with Crippen LogP contribution in [0, 0.1) is 0 Å². The fourth-order valence-corrected chi connectivity index (χ4v) is 3.08. The van der Waals surface area contributed by atoms with Crippen LogP contribution in [-0.2, 0) is 0 Å². The lowest BCUT2D eigenvalue weighted by Gasteiger charge is -2.06. The number of hydrogen-bond donors (Lipinski definition) is 0. The van der Waals surface area contributed by atoms with Crippen molar-refractivity contribution in [2.45, 2.75) is 4.34 Å². The zero-order valence-corrected chi connectivity index (χ0v) is 11.6. The van der Waals surface area contributed by atoms with Gasteiger partial charge in [-0.3, -0.25) is 0 Å². The van der Waals surface area contributed by atoms with Crippen molar-refractivity contribution in [3.8, 4) is 11.4 Å². The van der Waals surface area contributed by atoms with Crippen LogP contribution in [0.2, 0.25) is 0 Å². The predicted octanol–water partition coefficient (Wildman–Crippen LogP) is 2.86. The van der Waals surface area contributed by atoms with E-state index in [0.29, 0.717) is 0 Å². The molecule has 1 aromatic heterocycles. The normalized spacial score (nSPS) is 11.0. The quantitative estimate of drug-likeness (QED) is 0.777. The third kappa shape index (κ3) is 3.80. The minimum atomic E-state index is 0.836. The maximum atomic E-state index is 4.53. The SMILES string of the molecule is CN(C)CCSc1nc(-c2ccccc2)ns1. The molecule has 0 N–H and O–H groups in total. The third-order valence-electron chi connectivity index (χ3n) is 2.20.